The maximum atomic E-state index is 4.38. The average Bonchev–Trinajstić information content (AvgIpc) is 2.85. The van der Waals surface area contributed by atoms with Gasteiger partial charge in [0.25, 0.3) is 0 Å². The van der Waals surface area contributed by atoms with Crippen molar-refractivity contribution in [3.63, 3.8) is 0 Å². The van der Waals surface area contributed by atoms with E-state index in [0.717, 1.165) is 31.9 Å². The molecule has 0 atom stereocenters. The minimum absolute atomic E-state index is 0.786. The number of rotatable bonds is 7. The molecule has 0 fully saturated rings. The van der Waals surface area contributed by atoms with Gasteiger partial charge < -0.3 is 14.8 Å². The normalized spacial score (nSPS) is 10.8. The van der Waals surface area contributed by atoms with Crippen LogP contribution in [0.1, 0.15) is 24.7 Å². The van der Waals surface area contributed by atoms with E-state index in [0.29, 0.717) is 0 Å². The van der Waals surface area contributed by atoms with Crippen molar-refractivity contribution >= 4 is 5.69 Å². The Kier molecular flexibility index (Phi) is 5.12. The number of pyridine rings is 1. The molecule has 0 unspecified atom stereocenters. The molecule has 2 aromatic rings. The molecular formula is C15H23N5. The molecule has 0 aliphatic rings. The van der Waals surface area contributed by atoms with Crippen LogP contribution in [-0.4, -0.2) is 28.1 Å². The van der Waals surface area contributed by atoms with Crippen molar-refractivity contribution in [3.8, 4) is 0 Å². The van der Waals surface area contributed by atoms with Crippen molar-refractivity contribution in [2.75, 3.05) is 18.5 Å². The van der Waals surface area contributed by atoms with Crippen molar-refractivity contribution in [1.29, 1.82) is 0 Å². The van der Waals surface area contributed by atoms with Crippen LogP contribution in [0.15, 0.2) is 30.9 Å². The lowest BCUT2D eigenvalue weighted by atomic mass is 10.2. The molecule has 0 aromatic carbocycles. The lowest BCUT2D eigenvalue weighted by Gasteiger charge is -2.22. The fraction of sp³-hybridized carbons (Fsp3) is 0.467. The largest absolute Gasteiger partial charge is 0.367 e. The zero-order valence-electron chi connectivity index (χ0n) is 12.5. The highest BCUT2D eigenvalue weighted by Crippen LogP contribution is 2.19. The summed E-state index contributed by atoms with van der Waals surface area (Å²) in [6.07, 6.45) is 8.72. The summed E-state index contributed by atoms with van der Waals surface area (Å²) >= 11 is 0. The van der Waals surface area contributed by atoms with Crippen LogP contribution < -0.4 is 10.2 Å². The summed E-state index contributed by atoms with van der Waals surface area (Å²) in [6.45, 7) is 4.83. The third-order valence-corrected chi connectivity index (χ3v) is 3.33. The fourth-order valence-corrected chi connectivity index (χ4v) is 2.17. The Bertz CT molecular complexity index is 535. The van der Waals surface area contributed by atoms with E-state index in [1.807, 2.05) is 36.4 Å². The monoisotopic (exact) mass is 273 g/mol. The van der Waals surface area contributed by atoms with Gasteiger partial charge in [-0.15, -0.1) is 0 Å². The van der Waals surface area contributed by atoms with Gasteiger partial charge in [-0.1, -0.05) is 6.92 Å². The molecule has 2 rings (SSSR count). The molecule has 20 heavy (non-hydrogen) atoms. The maximum absolute atomic E-state index is 4.38. The second kappa shape index (κ2) is 7.05. The topological polar surface area (TPSA) is 46.0 Å². The molecule has 0 saturated heterocycles. The van der Waals surface area contributed by atoms with Crippen LogP contribution in [0.4, 0.5) is 5.69 Å². The van der Waals surface area contributed by atoms with Gasteiger partial charge in [-0.2, -0.15) is 0 Å². The molecule has 2 heterocycles. The third-order valence-electron chi connectivity index (χ3n) is 3.33. The molecule has 5 nitrogen and oxygen atoms in total. The molecule has 0 aliphatic carbocycles. The predicted molar refractivity (Wildman–Crippen MR) is 81.5 cm³/mol. The van der Waals surface area contributed by atoms with Crippen molar-refractivity contribution < 1.29 is 0 Å². The number of nitrogens with zero attached hydrogens (tertiary/aromatic N) is 4. The summed E-state index contributed by atoms with van der Waals surface area (Å²) < 4.78 is 2.05. The average molecular weight is 273 g/mol. The molecule has 0 radical (unpaired) electrons. The molecule has 0 aliphatic heterocycles. The summed E-state index contributed by atoms with van der Waals surface area (Å²) in [5, 5.41) is 3.43. The maximum Gasteiger partial charge on any atom is 0.127 e. The van der Waals surface area contributed by atoms with Gasteiger partial charge >= 0.3 is 0 Å². The smallest absolute Gasteiger partial charge is 0.127 e. The highest BCUT2D eigenvalue weighted by Gasteiger charge is 2.09. The summed E-state index contributed by atoms with van der Waals surface area (Å²) in [4.78, 5) is 10.8. The first kappa shape index (κ1) is 14.5. The van der Waals surface area contributed by atoms with Gasteiger partial charge in [-0.3, -0.25) is 4.98 Å². The number of hydrogen-bond acceptors (Lipinski definition) is 4. The number of nitrogens with one attached hydrogen (secondary N) is 1. The van der Waals surface area contributed by atoms with E-state index in [1.54, 1.807) is 0 Å². The Morgan fingerprint density at radius 1 is 1.35 bits per heavy atom. The van der Waals surface area contributed by atoms with Crippen molar-refractivity contribution in [2.45, 2.75) is 26.4 Å². The minimum Gasteiger partial charge on any atom is -0.367 e. The lowest BCUT2D eigenvalue weighted by molar-refractivity contribution is 0.670. The Morgan fingerprint density at radius 2 is 2.20 bits per heavy atom. The molecule has 2 aromatic heterocycles. The van der Waals surface area contributed by atoms with Crippen LogP contribution in [0.2, 0.25) is 0 Å². The zero-order chi connectivity index (χ0) is 14.4. The lowest BCUT2D eigenvalue weighted by Crippen LogP contribution is -2.22. The van der Waals surface area contributed by atoms with E-state index in [1.165, 1.54) is 11.3 Å². The van der Waals surface area contributed by atoms with Crippen LogP contribution in [0.3, 0.4) is 0 Å². The first-order valence-corrected chi connectivity index (χ1v) is 7.03. The molecular weight excluding hydrogens is 250 g/mol. The first-order chi connectivity index (χ1) is 9.72. The number of aromatic nitrogens is 3. The van der Waals surface area contributed by atoms with E-state index in [9.17, 15) is 0 Å². The van der Waals surface area contributed by atoms with E-state index in [2.05, 4.69) is 40.2 Å². The fourth-order valence-electron chi connectivity index (χ4n) is 2.17. The standard InChI is InChI=1S/C15H23N5/c1-4-6-16-10-13-11-17-7-5-14(13)20(3)12-15-18-8-9-19(15)2/h5,7-9,11,16H,4,6,10,12H2,1-3H3. The van der Waals surface area contributed by atoms with Crippen molar-refractivity contribution in [1.82, 2.24) is 19.9 Å². The van der Waals surface area contributed by atoms with Gasteiger partial charge in [0.2, 0.25) is 0 Å². The summed E-state index contributed by atoms with van der Waals surface area (Å²) in [6, 6.07) is 2.06. The van der Waals surface area contributed by atoms with Crippen LogP contribution in [-0.2, 0) is 20.1 Å². The van der Waals surface area contributed by atoms with Gasteiger partial charge in [0.1, 0.15) is 5.82 Å². The number of imidazole rings is 1. The third kappa shape index (κ3) is 3.57. The SMILES string of the molecule is CCCNCc1cnccc1N(C)Cc1nccn1C. The molecule has 0 bridgehead atoms. The number of anilines is 1. The Labute approximate surface area is 120 Å². The second-order valence-corrected chi connectivity index (χ2v) is 4.99. The molecule has 0 spiro atoms. The molecule has 5 heteroatoms. The molecule has 0 amide bonds. The first-order valence-electron chi connectivity index (χ1n) is 7.03. The molecule has 0 saturated carbocycles. The summed E-state index contributed by atoms with van der Waals surface area (Å²) in [7, 11) is 4.11. The number of hydrogen-bond donors (Lipinski definition) is 1. The van der Waals surface area contributed by atoms with Gasteiger partial charge in [0.15, 0.2) is 0 Å². The number of aryl methyl sites for hydroxylation is 1. The van der Waals surface area contributed by atoms with Gasteiger partial charge in [-0.05, 0) is 19.0 Å². The summed E-state index contributed by atoms with van der Waals surface area (Å²) in [5.41, 5.74) is 2.42. The van der Waals surface area contributed by atoms with E-state index < -0.39 is 0 Å². The van der Waals surface area contributed by atoms with Gasteiger partial charge in [-0.25, -0.2) is 4.98 Å². The zero-order valence-corrected chi connectivity index (χ0v) is 12.5. The van der Waals surface area contributed by atoms with E-state index in [4.69, 9.17) is 0 Å². The summed E-state index contributed by atoms with van der Waals surface area (Å²) in [5.74, 6) is 1.05. The highest BCUT2D eigenvalue weighted by molar-refractivity contribution is 5.51. The Hall–Kier alpha value is -1.88. The van der Waals surface area contributed by atoms with Crippen LogP contribution in [0.5, 0.6) is 0 Å². The Balaban J connectivity index is 2.08. The van der Waals surface area contributed by atoms with Gasteiger partial charge in [0, 0.05) is 56.7 Å². The van der Waals surface area contributed by atoms with Crippen LogP contribution in [0.25, 0.3) is 0 Å². The minimum atomic E-state index is 0.786. The van der Waals surface area contributed by atoms with Crippen molar-refractivity contribution in [3.05, 3.63) is 42.2 Å². The van der Waals surface area contributed by atoms with E-state index in [-0.39, 0.29) is 0 Å². The molecule has 108 valence electrons. The van der Waals surface area contributed by atoms with Crippen molar-refractivity contribution in [2.24, 2.45) is 7.05 Å². The van der Waals surface area contributed by atoms with Gasteiger partial charge in [0.05, 0.1) is 6.54 Å². The van der Waals surface area contributed by atoms with Crippen LogP contribution >= 0.6 is 0 Å². The highest BCUT2D eigenvalue weighted by atomic mass is 15.2. The Morgan fingerprint density at radius 3 is 2.90 bits per heavy atom. The second-order valence-electron chi connectivity index (χ2n) is 4.99. The predicted octanol–water partition coefficient (Wildman–Crippen LogP) is 1.95. The quantitative estimate of drug-likeness (QED) is 0.783. The van der Waals surface area contributed by atoms with Crippen LogP contribution in [0, 0.1) is 0 Å². The molecule has 1 N–H and O–H groups in total. The van der Waals surface area contributed by atoms with E-state index >= 15 is 0 Å².